The van der Waals surface area contributed by atoms with Gasteiger partial charge in [0.1, 0.15) is 11.5 Å². The second-order valence-electron chi connectivity index (χ2n) is 4.49. The summed E-state index contributed by atoms with van der Waals surface area (Å²) in [6.45, 7) is 0. The third-order valence-electron chi connectivity index (χ3n) is 2.91. The van der Waals surface area contributed by atoms with Gasteiger partial charge >= 0.3 is 0 Å². The van der Waals surface area contributed by atoms with Crippen molar-refractivity contribution in [3.63, 3.8) is 0 Å². The summed E-state index contributed by atoms with van der Waals surface area (Å²) in [6, 6.07) is 9.50. The van der Waals surface area contributed by atoms with Gasteiger partial charge in [0.15, 0.2) is 5.17 Å². The molecule has 1 amide bonds. The van der Waals surface area contributed by atoms with Crippen LogP contribution in [0.4, 0.5) is 5.69 Å². The molecule has 1 aliphatic rings. The standard InChI is InChI=1S/C14H10N4O4S/c19-13-8-23-14(16-13)17-15-7-11-5-6-12(22-11)9-1-3-10(4-2-9)18(20)21/h1-7H,8H2,(H,16,17,19)/b15-7-. The lowest BCUT2D eigenvalue weighted by molar-refractivity contribution is -0.384. The number of benzene rings is 1. The maximum Gasteiger partial charge on any atom is 0.269 e. The molecule has 8 nitrogen and oxygen atoms in total. The quantitative estimate of drug-likeness (QED) is 0.526. The molecule has 9 heteroatoms. The predicted octanol–water partition coefficient (Wildman–Crippen LogP) is 2.41. The monoisotopic (exact) mass is 330 g/mol. The molecule has 1 aromatic carbocycles. The van der Waals surface area contributed by atoms with Crippen molar-refractivity contribution in [2.75, 3.05) is 5.75 Å². The van der Waals surface area contributed by atoms with Crippen LogP contribution in [0.5, 0.6) is 0 Å². The van der Waals surface area contributed by atoms with Gasteiger partial charge in [-0.05, 0) is 24.3 Å². The number of hydrogen-bond donors (Lipinski definition) is 1. The number of nitrogens with zero attached hydrogens (tertiary/aromatic N) is 3. The number of thioether (sulfide) groups is 1. The first-order valence-corrected chi connectivity index (χ1v) is 7.49. The molecule has 0 aliphatic carbocycles. The van der Waals surface area contributed by atoms with Crippen molar-refractivity contribution in [1.29, 1.82) is 0 Å². The van der Waals surface area contributed by atoms with Gasteiger partial charge in [-0.1, -0.05) is 11.8 Å². The first-order chi connectivity index (χ1) is 11.1. The minimum absolute atomic E-state index is 0.0222. The Bertz CT molecular complexity index is 810. The number of amidine groups is 1. The lowest BCUT2D eigenvalue weighted by Crippen LogP contribution is -2.19. The summed E-state index contributed by atoms with van der Waals surface area (Å²) in [6.07, 6.45) is 1.42. The van der Waals surface area contributed by atoms with Crippen molar-refractivity contribution in [2.24, 2.45) is 10.2 Å². The Balaban J connectivity index is 1.70. The maximum absolute atomic E-state index is 11.0. The molecule has 0 unspecified atom stereocenters. The number of carbonyl (C=O) groups excluding carboxylic acids is 1. The smallest absolute Gasteiger partial charge is 0.269 e. The Kier molecular flexibility index (Phi) is 4.20. The average Bonchev–Trinajstić information content (AvgIpc) is 3.17. The van der Waals surface area contributed by atoms with E-state index in [1.807, 2.05) is 0 Å². The molecule has 3 rings (SSSR count). The second-order valence-corrected chi connectivity index (χ2v) is 5.46. The summed E-state index contributed by atoms with van der Waals surface area (Å²) >= 11 is 1.28. The molecule has 1 fully saturated rings. The fraction of sp³-hybridized carbons (Fsp3) is 0.0714. The molecule has 23 heavy (non-hydrogen) atoms. The van der Waals surface area contributed by atoms with E-state index < -0.39 is 4.92 Å². The number of nitro groups is 1. The van der Waals surface area contributed by atoms with Crippen LogP contribution < -0.4 is 5.32 Å². The number of carbonyl (C=O) groups is 1. The van der Waals surface area contributed by atoms with Gasteiger partial charge in [0.05, 0.1) is 16.9 Å². The summed E-state index contributed by atoms with van der Waals surface area (Å²) in [5, 5.41) is 21.3. The highest BCUT2D eigenvalue weighted by molar-refractivity contribution is 8.15. The van der Waals surface area contributed by atoms with Crippen LogP contribution in [0.25, 0.3) is 11.3 Å². The van der Waals surface area contributed by atoms with E-state index in [0.29, 0.717) is 22.4 Å². The first-order valence-electron chi connectivity index (χ1n) is 6.50. The van der Waals surface area contributed by atoms with Crippen molar-refractivity contribution < 1.29 is 14.1 Å². The summed E-state index contributed by atoms with van der Waals surface area (Å²) in [5.41, 5.74) is 0.745. The fourth-order valence-electron chi connectivity index (χ4n) is 1.84. The van der Waals surface area contributed by atoms with E-state index >= 15 is 0 Å². The molecular formula is C14H10N4O4S. The van der Waals surface area contributed by atoms with E-state index in [9.17, 15) is 14.9 Å². The molecule has 116 valence electrons. The van der Waals surface area contributed by atoms with Gasteiger partial charge < -0.3 is 9.73 Å². The Morgan fingerprint density at radius 3 is 2.70 bits per heavy atom. The maximum atomic E-state index is 11.0. The highest BCUT2D eigenvalue weighted by Gasteiger charge is 2.16. The van der Waals surface area contributed by atoms with E-state index in [2.05, 4.69) is 15.5 Å². The van der Waals surface area contributed by atoms with Crippen molar-refractivity contribution >= 4 is 34.7 Å². The third kappa shape index (κ3) is 3.64. The normalized spacial score (nSPS) is 16.2. The van der Waals surface area contributed by atoms with Crippen molar-refractivity contribution in [1.82, 2.24) is 5.32 Å². The highest BCUT2D eigenvalue weighted by atomic mass is 32.2. The molecule has 1 saturated heterocycles. The number of furan rings is 1. The van der Waals surface area contributed by atoms with Crippen LogP contribution in [0.1, 0.15) is 5.76 Å². The van der Waals surface area contributed by atoms with E-state index in [4.69, 9.17) is 4.42 Å². The number of hydrogen-bond acceptors (Lipinski definition) is 7. The van der Waals surface area contributed by atoms with Crippen LogP contribution in [0.15, 0.2) is 51.0 Å². The lowest BCUT2D eigenvalue weighted by atomic mass is 10.1. The highest BCUT2D eigenvalue weighted by Crippen LogP contribution is 2.24. The average molecular weight is 330 g/mol. The summed E-state index contributed by atoms with van der Waals surface area (Å²) < 4.78 is 5.57. The third-order valence-corrected chi connectivity index (χ3v) is 3.77. The Morgan fingerprint density at radius 1 is 1.26 bits per heavy atom. The summed E-state index contributed by atoms with van der Waals surface area (Å²) in [7, 11) is 0. The van der Waals surface area contributed by atoms with Crippen molar-refractivity contribution in [2.45, 2.75) is 0 Å². The number of nitro benzene ring substituents is 1. The molecule has 0 radical (unpaired) electrons. The van der Waals surface area contributed by atoms with E-state index in [-0.39, 0.29) is 11.6 Å². The van der Waals surface area contributed by atoms with Crippen LogP contribution in [0.2, 0.25) is 0 Å². The summed E-state index contributed by atoms with van der Waals surface area (Å²) in [5.74, 6) is 1.30. The van der Waals surface area contributed by atoms with Crippen LogP contribution in [-0.4, -0.2) is 28.0 Å². The largest absolute Gasteiger partial charge is 0.455 e. The van der Waals surface area contributed by atoms with E-state index in [1.165, 1.54) is 30.1 Å². The molecule has 2 aromatic rings. The lowest BCUT2D eigenvalue weighted by Gasteiger charge is -1.96. The molecule has 2 heterocycles. The Morgan fingerprint density at radius 2 is 2.04 bits per heavy atom. The first kappa shape index (κ1) is 15.0. The van der Waals surface area contributed by atoms with Crippen LogP contribution in [0, 0.1) is 10.1 Å². The fourth-order valence-corrected chi connectivity index (χ4v) is 2.47. The van der Waals surface area contributed by atoms with Gasteiger partial charge in [0.2, 0.25) is 5.91 Å². The van der Waals surface area contributed by atoms with Gasteiger partial charge in [-0.25, -0.2) is 0 Å². The minimum Gasteiger partial charge on any atom is -0.455 e. The van der Waals surface area contributed by atoms with Gasteiger partial charge in [-0.2, -0.15) is 5.10 Å². The molecule has 1 N–H and O–H groups in total. The van der Waals surface area contributed by atoms with E-state index in [0.717, 1.165) is 5.56 Å². The van der Waals surface area contributed by atoms with E-state index in [1.54, 1.807) is 24.3 Å². The van der Waals surface area contributed by atoms with Gasteiger partial charge in [0.25, 0.3) is 5.69 Å². The zero-order valence-electron chi connectivity index (χ0n) is 11.6. The Hall–Kier alpha value is -2.94. The Labute approximate surface area is 134 Å². The SMILES string of the molecule is O=C1CS/C(=N/N=C\c2ccc(-c3ccc([N+](=O)[O-])cc3)o2)N1. The topological polar surface area (TPSA) is 110 Å². The van der Waals surface area contributed by atoms with Gasteiger partial charge in [-0.3, -0.25) is 14.9 Å². The van der Waals surface area contributed by atoms with Crippen LogP contribution in [0.3, 0.4) is 0 Å². The molecule has 0 bridgehead atoms. The van der Waals surface area contributed by atoms with Crippen LogP contribution in [-0.2, 0) is 4.79 Å². The molecular weight excluding hydrogens is 320 g/mol. The summed E-state index contributed by atoms with van der Waals surface area (Å²) in [4.78, 5) is 21.2. The second kappa shape index (κ2) is 6.44. The molecule has 0 atom stereocenters. The van der Waals surface area contributed by atoms with Gasteiger partial charge in [-0.15, -0.1) is 5.10 Å². The minimum atomic E-state index is -0.455. The van der Waals surface area contributed by atoms with Gasteiger partial charge in [0, 0.05) is 17.7 Å². The number of rotatable bonds is 4. The number of nitrogens with one attached hydrogen (secondary N) is 1. The van der Waals surface area contributed by atoms with Crippen LogP contribution >= 0.6 is 11.8 Å². The molecule has 1 aromatic heterocycles. The molecule has 0 saturated carbocycles. The van der Waals surface area contributed by atoms with Crippen molar-refractivity contribution in [3.8, 4) is 11.3 Å². The predicted molar refractivity (Wildman–Crippen MR) is 86.4 cm³/mol. The zero-order chi connectivity index (χ0) is 16.2. The number of non-ortho nitro benzene ring substituents is 1. The van der Waals surface area contributed by atoms with Crippen molar-refractivity contribution in [3.05, 3.63) is 52.3 Å². The molecule has 1 aliphatic heterocycles. The molecule has 0 spiro atoms. The zero-order valence-corrected chi connectivity index (χ0v) is 12.4. The number of amides is 1.